The van der Waals surface area contributed by atoms with Gasteiger partial charge in [-0.3, -0.25) is 0 Å². The van der Waals surface area contributed by atoms with Crippen LogP contribution in [0.25, 0.3) is 43.8 Å². The average Bonchev–Trinajstić information content (AvgIpc) is 3.46. The van der Waals surface area contributed by atoms with E-state index in [0.717, 1.165) is 9.52 Å². The molecule has 0 unspecified atom stereocenters. The smallest absolute Gasteiger partial charge is 1.00 e. The van der Waals surface area contributed by atoms with Gasteiger partial charge in [0.15, 0.2) is 0 Å². The molecule has 0 N–H and O–H groups in total. The Morgan fingerprint density at radius 3 is 1.18 bits per heavy atom. The zero-order valence-electron chi connectivity index (χ0n) is 22.3. The largest absolute Gasteiger partial charge is 4.00 e. The number of rotatable bonds is 2. The Labute approximate surface area is 257 Å². The van der Waals surface area contributed by atoms with E-state index in [1.165, 1.54) is 54.9 Å². The van der Waals surface area contributed by atoms with Gasteiger partial charge in [-0.1, -0.05) is 111 Å². The Kier molecular flexibility index (Phi) is 14.6. The molecule has 0 aliphatic rings. The van der Waals surface area contributed by atoms with Gasteiger partial charge >= 0.3 is 21.7 Å². The number of hydrogen-bond donors (Lipinski definition) is 0. The van der Waals surface area contributed by atoms with E-state index in [-0.39, 0.29) is 46.5 Å². The van der Waals surface area contributed by atoms with Crippen LogP contribution in [0.4, 0.5) is 0 Å². The summed E-state index contributed by atoms with van der Waals surface area (Å²) < 4.78 is 0. The summed E-state index contributed by atoms with van der Waals surface area (Å²) >= 11 is 0. The maximum absolute atomic E-state index is 2.26. The summed E-state index contributed by atoms with van der Waals surface area (Å²) in [5, 5.41) is 5.37. The molecule has 0 aliphatic carbocycles. The first-order valence-corrected chi connectivity index (χ1v) is 14.1. The van der Waals surface area contributed by atoms with Crippen molar-refractivity contribution in [2.75, 3.05) is 0 Å². The zero-order valence-corrected chi connectivity index (χ0v) is 26.4. The molecule has 38 heavy (non-hydrogen) atoms. The molecule has 6 rings (SSSR count). The van der Waals surface area contributed by atoms with Gasteiger partial charge in [0.25, 0.3) is 0 Å². The summed E-state index contributed by atoms with van der Waals surface area (Å²) in [4.78, 5) is 0. The van der Waals surface area contributed by atoms with Crippen LogP contribution < -0.4 is 24.8 Å². The quantitative estimate of drug-likeness (QED) is 0.213. The van der Waals surface area contributed by atoms with Gasteiger partial charge in [-0.25, -0.2) is 0 Å². The first-order chi connectivity index (χ1) is 17.1. The fourth-order valence-corrected chi connectivity index (χ4v) is 4.51. The third-order valence-corrected chi connectivity index (χ3v) is 5.96. The Balaban J connectivity index is 0.000000322. The molecule has 6 aromatic rings. The number of fused-ring (bicyclic) bond motifs is 2. The molecule has 6 aromatic carbocycles. The van der Waals surface area contributed by atoms with Crippen molar-refractivity contribution in [2.24, 2.45) is 0 Å². The second-order valence-corrected chi connectivity index (χ2v) is 9.91. The number of aryl methyl sites for hydroxylation is 2. The van der Waals surface area contributed by atoms with Crippen molar-refractivity contribution in [3.63, 3.8) is 0 Å². The summed E-state index contributed by atoms with van der Waals surface area (Å²) in [6, 6.07) is 43.1. The van der Waals surface area contributed by atoms with Gasteiger partial charge in [0.1, 0.15) is 0 Å². The second-order valence-electron chi connectivity index (χ2n) is 8.91. The van der Waals surface area contributed by atoms with Gasteiger partial charge in [0, 0.05) is 9.52 Å². The molecule has 0 bridgehead atoms. The van der Waals surface area contributed by atoms with Crippen LogP contribution in [0.5, 0.6) is 0 Å². The average molecular weight is 587 g/mol. The van der Waals surface area contributed by atoms with Crippen molar-refractivity contribution in [3.8, 4) is 22.3 Å². The number of benzene rings is 4. The molecule has 0 atom stereocenters. The van der Waals surface area contributed by atoms with Gasteiger partial charge in [-0.15, -0.1) is 69.1 Å². The van der Waals surface area contributed by atoms with Gasteiger partial charge in [-0.2, -0.15) is 12.1 Å². The zero-order chi connectivity index (χ0) is 24.6. The van der Waals surface area contributed by atoms with E-state index in [4.69, 9.17) is 0 Å². The molecule has 4 heteroatoms. The molecular formula is C34H32Cl2SiTi. The van der Waals surface area contributed by atoms with E-state index >= 15 is 0 Å². The van der Waals surface area contributed by atoms with Crippen LogP contribution in [0.3, 0.4) is 0 Å². The maximum atomic E-state index is 2.26. The molecule has 0 amide bonds. The molecule has 0 aliphatic heterocycles. The Morgan fingerprint density at radius 1 is 0.500 bits per heavy atom. The Bertz CT molecular complexity index is 1390. The van der Waals surface area contributed by atoms with Crippen LogP contribution >= 0.6 is 0 Å². The molecule has 0 spiro atoms. The van der Waals surface area contributed by atoms with Crippen molar-refractivity contribution in [3.05, 3.63) is 132 Å². The maximum Gasteiger partial charge on any atom is 4.00 e. The molecule has 2 radical (unpaired) electrons. The van der Waals surface area contributed by atoms with Crippen LogP contribution in [-0.2, 0) is 21.7 Å². The summed E-state index contributed by atoms with van der Waals surface area (Å²) in [7, 11) is 1.08. The third kappa shape index (κ3) is 8.30. The molecule has 0 heterocycles. The van der Waals surface area contributed by atoms with Crippen molar-refractivity contribution in [1.82, 2.24) is 0 Å². The monoisotopic (exact) mass is 586 g/mol. The second kappa shape index (κ2) is 16.5. The summed E-state index contributed by atoms with van der Waals surface area (Å²) in [5.74, 6) is 0. The standard InChI is InChI=1S/2C16H13.C2H6Si.2ClH.Ti/c2*1-12-10-14-8-5-9-15(16(14)11-12)13-6-3-2-4-7-13;1-3-2;;;/h2*2-11H,1H3;1-2H3;2*1H;/q2*-1;;;;+4/p-2. The van der Waals surface area contributed by atoms with E-state index < -0.39 is 0 Å². The van der Waals surface area contributed by atoms with Gasteiger partial charge in [-0.05, 0) is 11.1 Å². The number of halogens is 2. The van der Waals surface area contributed by atoms with Gasteiger partial charge < -0.3 is 24.8 Å². The molecule has 0 saturated heterocycles. The summed E-state index contributed by atoms with van der Waals surface area (Å²) in [6.07, 6.45) is 0. The molecule has 0 aromatic heterocycles. The van der Waals surface area contributed by atoms with Crippen LogP contribution in [0.15, 0.2) is 121 Å². The Morgan fingerprint density at radius 2 is 0.842 bits per heavy atom. The van der Waals surface area contributed by atoms with E-state index in [0.29, 0.717) is 0 Å². The van der Waals surface area contributed by atoms with Crippen LogP contribution in [0, 0.1) is 13.8 Å². The fraction of sp³-hybridized carbons (Fsp3) is 0.118. The molecular weight excluding hydrogens is 555 g/mol. The first-order valence-electron chi connectivity index (χ1n) is 12.1. The summed E-state index contributed by atoms with van der Waals surface area (Å²) in [5.41, 5.74) is 7.89. The minimum Gasteiger partial charge on any atom is -1.00 e. The molecule has 0 fully saturated rings. The van der Waals surface area contributed by atoms with Gasteiger partial charge in [0.05, 0.1) is 0 Å². The van der Waals surface area contributed by atoms with E-state index in [1.807, 2.05) is 0 Å². The van der Waals surface area contributed by atoms with E-state index in [9.17, 15) is 0 Å². The molecule has 0 nitrogen and oxygen atoms in total. The molecule has 190 valence electrons. The van der Waals surface area contributed by atoms with Crippen molar-refractivity contribution in [2.45, 2.75) is 26.9 Å². The SMILES string of the molecule is C[Si]C.Cc1cc2c(-c3ccccc3)cccc2[cH-]1.Cc1cc2c(-c3ccccc3)cccc2[cH-]1.[Cl-].[Cl-].[Ti+4]. The third-order valence-electron chi connectivity index (χ3n) is 5.96. The van der Waals surface area contributed by atoms with Gasteiger partial charge in [0.2, 0.25) is 0 Å². The predicted octanol–water partition coefficient (Wildman–Crippen LogP) is 3.86. The fourth-order valence-electron chi connectivity index (χ4n) is 4.51. The van der Waals surface area contributed by atoms with Crippen molar-refractivity contribution >= 4 is 31.1 Å². The minimum absolute atomic E-state index is 0. The summed E-state index contributed by atoms with van der Waals surface area (Å²) in [6.45, 7) is 8.60. The van der Waals surface area contributed by atoms with E-state index in [1.54, 1.807) is 0 Å². The van der Waals surface area contributed by atoms with Crippen LogP contribution in [0.2, 0.25) is 13.1 Å². The van der Waals surface area contributed by atoms with Crippen molar-refractivity contribution in [1.29, 1.82) is 0 Å². The normalized spacial score (nSPS) is 9.58. The van der Waals surface area contributed by atoms with Crippen LogP contribution in [0.1, 0.15) is 11.1 Å². The van der Waals surface area contributed by atoms with E-state index in [2.05, 4.69) is 148 Å². The topological polar surface area (TPSA) is 0 Å². The van der Waals surface area contributed by atoms with Crippen molar-refractivity contribution < 1.29 is 46.5 Å². The molecule has 0 saturated carbocycles. The number of hydrogen-bond acceptors (Lipinski definition) is 0. The van der Waals surface area contributed by atoms with Crippen LogP contribution in [-0.4, -0.2) is 9.52 Å². The predicted molar refractivity (Wildman–Crippen MR) is 157 cm³/mol. The Hall–Kier alpha value is -2.39. The minimum atomic E-state index is 0. The first kappa shape index (κ1) is 33.6.